The van der Waals surface area contributed by atoms with E-state index in [9.17, 15) is 4.79 Å². The molecule has 1 aliphatic rings. The monoisotopic (exact) mass is 376 g/mol. The molecule has 2 N–H and O–H groups in total. The standard InChI is InChI=1S/C17H17BrN2O3/c1-11-2-3-13(8-14(11)18)20-17(21)10-19-12-4-5-15-16(9-12)23-7-6-22-15/h2-5,8-9,19H,6-7,10H2,1H3,(H,20,21). The number of aryl methyl sites for hydroxylation is 1. The minimum atomic E-state index is -0.115. The fourth-order valence-corrected chi connectivity index (χ4v) is 2.59. The van der Waals surface area contributed by atoms with Crippen LogP contribution in [0, 0.1) is 6.92 Å². The molecule has 0 bridgehead atoms. The Bertz CT molecular complexity index is 734. The lowest BCUT2D eigenvalue weighted by molar-refractivity contribution is -0.114. The van der Waals surface area contributed by atoms with E-state index < -0.39 is 0 Å². The number of nitrogens with one attached hydrogen (secondary N) is 2. The summed E-state index contributed by atoms with van der Waals surface area (Å²) < 4.78 is 12.0. The Kier molecular flexibility index (Phi) is 4.71. The first-order chi connectivity index (χ1) is 11.1. The molecule has 23 heavy (non-hydrogen) atoms. The molecule has 0 saturated heterocycles. The third-order valence-corrected chi connectivity index (χ3v) is 4.31. The van der Waals surface area contributed by atoms with Crippen LogP contribution >= 0.6 is 15.9 Å². The Morgan fingerprint density at radius 1 is 1.09 bits per heavy atom. The lowest BCUT2D eigenvalue weighted by Gasteiger charge is -2.19. The molecule has 6 heteroatoms. The summed E-state index contributed by atoms with van der Waals surface area (Å²) >= 11 is 3.45. The van der Waals surface area contributed by atoms with Crippen LogP contribution < -0.4 is 20.1 Å². The van der Waals surface area contributed by atoms with E-state index in [-0.39, 0.29) is 12.5 Å². The second-order valence-electron chi connectivity index (χ2n) is 5.22. The van der Waals surface area contributed by atoms with Crippen LogP contribution in [0.5, 0.6) is 11.5 Å². The zero-order chi connectivity index (χ0) is 16.2. The van der Waals surface area contributed by atoms with E-state index in [0.717, 1.165) is 27.2 Å². The van der Waals surface area contributed by atoms with Gasteiger partial charge < -0.3 is 20.1 Å². The average molecular weight is 377 g/mol. The lowest BCUT2D eigenvalue weighted by atomic mass is 10.2. The van der Waals surface area contributed by atoms with Gasteiger partial charge >= 0.3 is 0 Å². The van der Waals surface area contributed by atoms with Gasteiger partial charge in [0.25, 0.3) is 0 Å². The van der Waals surface area contributed by atoms with Gasteiger partial charge in [-0.3, -0.25) is 4.79 Å². The maximum atomic E-state index is 12.0. The number of fused-ring (bicyclic) bond motifs is 1. The zero-order valence-corrected chi connectivity index (χ0v) is 14.3. The summed E-state index contributed by atoms with van der Waals surface area (Å²) in [5.74, 6) is 1.32. The average Bonchev–Trinajstić information content (AvgIpc) is 2.56. The van der Waals surface area contributed by atoms with Gasteiger partial charge in [-0.15, -0.1) is 0 Å². The molecule has 0 unspecified atom stereocenters. The normalized spacial score (nSPS) is 12.6. The third-order valence-electron chi connectivity index (χ3n) is 3.45. The van der Waals surface area contributed by atoms with Crippen molar-refractivity contribution in [3.63, 3.8) is 0 Å². The highest BCUT2D eigenvalue weighted by Gasteiger charge is 2.12. The Labute approximate surface area is 143 Å². The molecular weight excluding hydrogens is 360 g/mol. The molecule has 2 aromatic rings. The second kappa shape index (κ2) is 6.91. The molecule has 0 aromatic heterocycles. The molecular formula is C17H17BrN2O3. The van der Waals surface area contributed by atoms with E-state index >= 15 is 0 Å². The van der Waals surface area contributed by atoms with E-state index in [0.29, 0.717) is 19.0 Å². The maximum absolute atomic E-state index is 12.0. The number of anilines is 2. The van der Waals surface area contributed by atoms with E-state index in [2.05, 4.69) is 26.6 Å². The highest BCUT2D eigenvalue weighted by molar-refractivity contribution is 9.10. The minimum Gasteiger partial charge on any atom is -0.486 e. The maximum Gasteiger partial charge on any atom is 0.243 e. The number of carbonyl (C=O) groups is 1. The smallest absolute Gasteiger partial charge is 0.243 e. The lowest BCUT2D eigenvalue weighted by Crippen LogP contribution is -2.22. The largest absolute Gasteiger partial charge is 0.486 e. The Hall–Kier alpha value is -2.21. The summed E-state index contributed by atoms with van der Waals surface area (Å²) in [5, 5.41) is 5.94. The van der Waals surface area contributed by atoms with Crippen LogP contribution in [0.3, 0.4) is 0 Å². The number of halogens is 1. The first-order valence-corrected chi connectivity index (χ1v) is 8.10. The van der Waals surface area contributed by atoms with Crippen LogP contribution in [0.15, 0.2) is 40.9 Å². The third kappa shape index (κ3) is 3.96. The van der Waals surface area contributed by atoms with Crippen molar-refractivity contribution < 1.29 is 14.3 Å². The van der Waals surface area contributed by atoms with E-state index in [1.807, 2.05) is 43.3 Å². The number of amides is 1. The van der Waals surface area contributed by atoms with Crippen molar-refractivity contribution in [1.82, 2.24) is 0 Å². The van der Waals surface area contributed by atoms with Crippen molar-refractivity contribution in [2.45, 2.75) is 6.92 Å². The predicted octanol–water partition coefficient (Wildman–Crippen LogP) is 3.58. The summed E-state index contributed by atoms with van der Waals surface area (Å²) in [6.45, 7) is 3.28. The number of hydrogen-bond donors (Lipinski definition) is 2. The Balaban J connectivity index is 1.57. The highest BCUT2D eigenvalue weighted by Crippen LogP contribution is 2.32. The number of hydrogen-bond acceptors (Lipinski definition) is 4. The van der Waals surface area contributed by atoms with Crippen LogP contribution in [0.4, 0.5) is 11.4 Å². The van der Waals surface area contributed by atoms with Crippen molar-refractivity contribution in [2.75, 3.05) is 30.4 Å². The predicted molar refractivity (Wildman–Crippen MR) is 93.4 cm³/mol. The van der Waals surface area contributed by atoms with Gasteiger partial charge in [0.15, 0.2) is 11.5 Å². The molecule has 1 amide bonds. The van der Waals surface area contributed by atoms with Crippen molar-refractivity contribution in [1.29, 1.82) is 0 Å². The molecule has 0 atom stereocenters. The molecule has 1 heterocycles. The van der Waals surface area contributed by atoms with E-state index in [4.69, 9.17) is 9.47 Å². The molecule has 3 rings (SSSR count). The van der Waals surface area contributed by atoms with Gasteiger partial charge in [-0.1, -0.05) is 22.0 Å². The van der Waals surface area contributed by atoms with Crippen LogP contribution in [-0.4, -0.2) is 25.7 Å². The van der Waals surface area contributed by atoms with Gasteiger partial charge in [0.2, 0.25) is 5.91 Å². The number of carbonyl (C=O) groups excluding carboxylic acids is 1. The van der Waals surface area contributed by atoms with Gasteiger partial charge in [-0.25, -0.2) is 0 Å². The molecule has 2 aromatic carbocycles. The van der Waals surface area contributed by atoms with Crippen molar-refractivity contribution >= 4 is 33.2 Å². The topological polar surface area (TPSA) is 59.6 Å². The summed E-state index contributed by atoms with van der Waals surface area (Å²) in [7, 11) is 0. The first-order valence-electron chi connectivity index (χ1n) is 7.31. The molecule has 0 fully saturated rings. The molecule has 0 saturated carbocycles. The van der Waals surface area contributed by atoms with Crippen molar-refractivity contribution in [2.24, 2.45) is 0 Å². The van der Waals surface area contributed by atoms with Crippen LogP contribution in [0.25, 0.3) is 0 Å². The highest BCUT2D eigenvalue weighted by atomic mass is 79.9. The number of ether oxygens (including phenoxy) is 2. The van der Waals surface area contributed by atoms with Gasteiger partial charge in [0, 0.05) is 21.9 Å². The Morgan fingerprint density at radius 3 is 2.61 bits per heavy atom. The van der Waals surface area contributed by atoms with Gasteiger partial charge in [-0.05, 0) is 36.8 Å². The summed E-state index contributed by atoms with van der Waals surface area (Å²) in [4.78, 5) is 12.0. The fraction of sp³-hybridized carbons (Fsp3) is 0.235. The molecule has 0 aliphatic carbocycles. The minimum absolute atomic E-state index is 0.115. The zero-order valence-electron chi connectivity index (χ0n) is 12.7. The van der Waals surface area contributed by atoms with Gasteiger partial charge in [0.1, 0.15) is 13.2 Å². The van der Waals surface area contributed by atoms with Crippen LogP contribution in [-0.2, 0) is 4.79 Å². The molecule has 5 nitrogen and oxygen atoms in total. The van der Waals surface area contributed by atoms with Crippen LogP contribution in [0.2, 0.25) is 0 Å². The summed E-state index contributed by atoms with van der Waals surface area (Å²) in [5.41, 5.74) is 2.70. The number of benzene rings is 2. The summed E-state index contributed by atoms with van der Waals surface area (Å²) in [6.07, 6.45) is 0. The molecule has 120 valence electrons. The van der Waals surface area contributed by atoms with Crippen molar-refractivity contribution in [3.8, 4) is 11.5 Å². The molecule has 0 radical (unpaired) electrons. The quantitative estimate of drug-likeness (QED) is 0.855. The number of rotatable bonds is 4. The summed E-state index contributed by atoms with van der Waals surface area (Å²) in [6, 6.07) is 11.3. The van der Waals surface area contributed by atoms with Gasteiger partial charge in [-0.2, -0.15) is 0 Å². The SMILES string of the molecule is Cc1ccc(NC(=O)CNc2ccc3c(c2)OCCO3)cc1Br. The first kappa shape index (κ1) is 15.7. The van der Waals surface area contributed by atoms with Crippen molar-refractivity contribution in [3.05, 3.63) is 46.4 Å². The Morgan fingerprint density at radius 2 is 1.83 bits per heavy atom. The molecule has 1 aliphatic heterocycles. The van der Waals surface area contributed by atoms with Crippen LogP contribution in [0.1, 0.15) is 5.56 Å². The van der Waals surface area contributed by atoms with E-state index in [1.165, 1.54) is 0 Å². The van der Waals surface area contributed by atoms with E-state index in [1.54, 1.807) is 0 Å². The van der Waals surface area contributed by atoms with Gasteiger partial charge in [0.05, 0.1) is 6.54 Å². The fourth-order valence-electron chi connectivity index (χ4n) is 2.21. The second-order valence-corrected chi connectivity index (χ2v) is 6.08. The molecule has 0 spiro atoms.